The standard InChI is InChI=1S/C23H24N6O3/c1-15(17-9-11-18(32-3)12-10-17)26-27-22-24-20-19(21(30)25-23(31)28(20)2)29(22)14-13-16-7-5-4-6-8-16/h4-12H,13-14H2,1-3H3,(H,24,27)(H,25,30,31)/b26-15+. The zero-order chi connectivity index (χ0) is 22.7. The minimum Gasteiger partial charge on any atom is -0.497 e. The number of anilines is 1. The molecule has 32 heavy (non-hydrogen) atoms. The summed E-state index contributed by atoms with van der Waals surface area (Å²) in [6.07, 6.45) is 0.685. The molecule has 164 valence electrons. The fourth-order valence-electron chi connectivity index (χ4n) is 3.45. The average molecular weight is 432 g/mol. The second-order valence-corrected chi connectivity index (χ2v) is 7.35. The molecule has 0 saturated heterocycles. The fourth-order valence-corrected chi connectivity index (χ4v) is 3.45. The Bertz CT molecular complexity index is 1380. The van der Waals surface area contributed by atoms with Gasteiger partial charge in [0, 0.05) is 13.6 Å². The predicted molar refractivity (Wildman–Crippen MR) is 125 cm³/mol. The first-order chi connectivity index (χ1) is 15.5. The minimum atomic E-state index is -0.514. The molecule has 0 amide bonds. The molecule has 0 aliphatic heterocycles. The summed E-state index contributed by atoms with van der Waals surface area (Å²) in [4.78, 5) is 31.5. The molecule has 0 fully saturated rings. The highest BCUT2D eigenvalue weighted by Gasteiger charge is 2.17. The molecule has 2 aromatic heterocycles. The predicted octanol–water partition coefficient (Wildman–Crippen LogP) is 2.51. The number of hydrogen-bond donors (Lipinski definition) is 2. The average Bonchev–Trinajstić information content (AvgIpc) is 3.19. The Morgan fingerprint density at radius 1 is 1.12 bits per heavy atom. The van der Waals surface area contributed by atoms with E-state index in [9.17, 15) is 9.59 Å². The van der Waals surface area contributed by atoms with Crippen LogP contribution in [0.5, 0.6) is 5.75 Å². The van der Waals surface area contributed by atoms with Gasteiger partial charge in [0.05, 0.1) is 12.8 Å². The molecule has 0 aliphatic rings. The molecule has 0 bridgehead atoms. The number of hydrogen-bond acceptors (Lipinski definition) is 6. The number of H-pyrrole nitrogens is 1. The number of aryl methyl sites for hydroxylation is 3. The molecule has 0 unspecified atom stereocenters. The molecule has 4 aromatic rings. The Morgan fingerprint density at radius 2 is 1.84 bits per heavy atom. The largest absolute Gasteiger partial charge is 0.497 e. The van der Waals surface area contributed by atoms with Crippen molar-refractivity contribution in [1.29, 1.82) is 0 Å². The van der Waals surface area contributed by atoms with E-state index in [0.717, 1.165) is 22.6 Å². The van der Waals surface area contributed by atoms with E-state index in [2.05, 4.69) is 20.5 Å². The van der Waals surface area contributed by atoms with Crippen molar-refractivity contribution in [3.63, 3.8) is 0 Å². The van der Waals surface area contributed by atoms with Crippen molar-refractivity contribution < 1.29 is 4.74 Å². The maximum atomic E-state index is 12.6. The summed E-state index contributed by atoms with van der Waals surface area (Å²) in [6, 6.07) is 17.5. The monoisotopic (exact) mass is 432 g/mol. The lowest BCUT2D eigenvalue weighted by molar-refractivity contribution is 0.415. The van der Waals surface area contributed by atoms with Gasteiger partial charge in [-0.3, -0.25) is 14.3 Å². The van der Waals surface area contributed by atoms with Crippen molar-refractivity contribution in [2.24, 2.45) is 12.1 Å². The molecule has 2 heterocycles. The van der Waals surface area contributed by atoms with E-state index in [1.165, 1.54) is 4.57 Å². The molecule has 2 aromatic carbocycles. The van der Waals surface area contributed by atoms with Crippen LogP contribution in [0, 0.1) is 0 Å². The van der Waals surface area contributed by atoms with Crippen LogP contribution in [0.15, 0.2) is 69.3 Å². The SMILES string of the molecule is COc1ccc(/C(C)=N/Nc2nc3c(c(=O)[nH]c(=O)n3C)n2CCc2ccccc2)cc1. The number of imidazole rings is 1. The molecule has 0 radical (unpaired) electrons. The van der Waals surface area contributed by atoms with Crippen molar-refractivity contribution in [3.8, 4) is 5.75 Å². The number of rotatable bonds is 7. The van der Waals surface area contributed by atoms with E-state index < -0.39 is 11.2 Å². The van der Waals surface area contributed by atoms with Gasteiger partial charge < -0.3 is 9.30 Å². The Balaban J connectivity index is 1.71. The van der Waals surface area contributed by atoms with Gasteiger partial charge in [-0.15, -0.1) is 0 Å². The fraction of sp³-hybridized carbons (Fsp3) is 0.217. The van der Waals surface area contributed by atoms with Crippen LogP contribution in [0.1, 0.15) is 18.1 Å². The Labute approximate surface area is 184 Å². The van der Waals surface area contributed by atoms with Crippen LogP contribution in [0.3, 0.4) is 0 Å². The highest BCUT2D eigenvalue weighted by molar-refractivity contribution is 5.99. The molecule has 0 saturated carbocycles. The van der Waals surface area contributed by atoms with Gasteiger partial charge in [-0.1, -0.05) is 30.3 Å². The number of nitrogens with one attached hydrogen (secondary N) is 2. The first kappa shape index (κ1) is 21.1. The van der Waals surface area contributed by atoms with E-state index >= 15 is 0 Å². The van der Waals surface area contributed by atoms with Gasteiger partial charge in [-0.05, 0) is 48.7 Å². The Morgan fingerprint density at radius 3 is 2.53 bits per heavy atom. The number of hydrazone groups is 1. The molecule has 9 nitrogen and oxygen atoms in total. The highest BCUT2D eigenvalue weighted by Crippen LogP contribution is 2.17. The zero-order valence-corrected chi connectivity index (χ0v) is 18.1. The molecule has 0 atom stereocenters. The first-order valence-corrected chi connectivity index (χ1v) is 10.2. The van der Waals surface area contributed by atoms with Crippen molar-refractivity contribution in [2.75, 3.05) is 12.5 Å². The minimum absolute atomic E-state index is 0.298. The van der Waals surface area contributed by atoms with E-state index in [-0.39, 0.29) is 0 Å². The Kier molecular flexibility index (Phi) is 5.89. The number of fused-ring (bicyclic) bond motifs is 1. The normalized spacial score (nSPS) is 11.7. The van der Waals surface area contributed by atoms with E-state index in [1.54, 1.807) is 18.7 Å². The first-order valence-electron chi connectivity index (χ1n) is 10.2. The van der Waals surface area contributed by atoms with Gasteiger partial charge in [0.2, 0.25) is 5.95 Å². The molecule has 2 N–H and O–H groups in total. The number of aromatic amines is 1. The molecule has 4 rings (SSSR count). The lowest BCUT2D eigenvalue weighted by atomic mass is 10.1. The summed E-state index contributed by atoms with van der Waals surface area (Å²) in [6.45, 7) is 2.36. The third-order valence-electron chi connectivity index (χ3n) is 5.31. The van der Waals surface area contributed by atoms with Crippen molar-refractivity contribution in [2.45, 2.75) is 19.9 Å². The highest BCUT2D eigenvalue weighted by atomic mass is 16.5. The lowest BCUT2D eigenvalue weighted by Crippen LogP contribution is -2.29. The van der Waals surface area contributed by atoms with Crippen LogP contribution in [0.2, 0.25) is 0 Å². The van der Waals surface area contributed by atoms with Crippen LogP contribution in [-0.2, 0) is 20.0 Å². The van der Waals surface area contributed by atoms with Crippen LogP contribution in [0.4, 0.5) is 5.95 Å². The van der Waals surface area contributed by atoms with Crippen molar-refractivity contribution in [3.05, 3.63) is 86.6 Å². The summed E-state index contributed by atoms with van der Waals surface area (Å²) in [7, 11) is 3.19. The number of nitrogens with zero attached hydrogens (tertiary/aromatic N) is 4. The van der Waals surface area contributed by atoms with Crippen LogP contribution >= 0.6 is 0 Å². The maximum Gasteiger partial charge on any atom is 0.329 e. The number of benzene rings is 2. The number of ether oxygens (including phenoxy) is 1. The third kappa shape index (κ3) is 4.18. The van der Waals surface area contributed by atoms with Crippen LogP contribution in [-0.4, -0.2) is 31.9 Å². The second kappa shape index (κ2) is 8.93. The second-order valence-electron chi connectivity index (χ2n) is 7.35. The van der Waals surface area contributed by atoms with Gasteiger partial charge in [0.25, 0.3) is 5.56 Å². The van der Waals surface area contributed by atoms with Gasteiger partial charge in [0.1, 0.15) is 5.75 Å². The summed E-state index contributed by atoms with van der Waals surface area (Å²) >= 11 is 0. The summed E-state index contributed by atoms with van der Waals surface area (Å²) in [5.41, 5.74) is 5.38. The smallest absolute Gasteiger partial charge is 0.329 e. The van der Waals surface area contributed by atoms with Crippen LogP contribution < -0.4 is 21.4 Å². The summed E-state index contributed by atoms with van der Waals surface area (Å²) < 4.78 is 8.27. The number of aromatic nitrogens is 4. The summed E-state index contributed by atoms with van der Waals surface area (Å²) in [5, 5.41) is 4.46. The topological polar surface area (TPSA) is 106 Å². The summed E-state index contributed by atoms with van der Waals surface area (Å²) in [5.74, 6) is 1.15. The molecule has 9 heteroatoms. The van der Waals surface area contributed by atoms with Crippen LogP contribution in [0.25, 0.3) is 11.2 Å². The third-order valence-corrected chi connectivity index (χ3v) is 5.31. The van der Waals surface area contributed by atoms with Crippen molar-refractivity contribution >= 4 is 22.8 Å². The van der Waals surface area contributed by atoms with E-state index in [1.807, 2.05) is 61.5 Å². The van der Waals surface area contributed by atoms with Gasteiger partial charge in [-0.2, -0.15) is 10.1 Å². The van der Waals surface area contributed by atoms with E-state index in [0.29, 0.717) is 30.1 Å². The van der Waals surface area contributed by atoms with Gasteiger partial charge in [0.15, 0.2) is 11.2 Å². The van der Waals surface area contributed by atoms with Crippen molar-refractivity contribution in [1.82, 2.24) is 19.1 Å². The maximum absolute atomic E-state index is 12.6. The quantitative estimate of drug-likeness (QED) is 0.345. The molecule has 0 spiro atoms. The molecular formula is C23H24N6O3. The van der Waals surface area contributed by atoms with Gasteiger partial charge >= 0.3 is 5.69 Å². The molecule has 0 aliphatic carbocycles. The lowest BCUT2D eigenvalue weighted by Gasteiger charge is -2.09. The number of methoxy groups -OCH3 is 1. The van der Waals surface area contributed by atoms with E-state index in [4.69, 9.17) is 4.74 Å². The van der Waals surface area contributed by atoms with Gasteiger partial charge in [-0.25, -0.2) is 10.2 Å². The Hall–Kier alpha value is -4.14. The molecular weight excluding hydrogens is 408 g/mol. The zero-order valence-electron chi connectivity index (χ0n) is 18.1.